The van der Waals surface area contributed by atoms with Crippen LogP contribution in [0.1, 0.15) is 17.6 Å². The van der Waals surface area contributed by atoms with E-state index in [0.717, 1.165) is 4.88 Å². The average Bonchev–Trinajstić information content (AvgIpc) is 2.80. The first kappa shape index (κ1) is 15.7. The molecule has 0 N–H and O–H groups in total. The van der Waals surface area contributed by atoms with Gasteiger partial charge < -0.3 is 9.47 Å². The summed E-state index contributed by atoms with van der Waals surface area (Å²) in [6.45, 7) is 6.50. The summed E-state index contributed by atoms with van der Waals surface area (Å²) in [7, 11) is 0. The summed E-state index contributed by atoms with van der Waals surface area (Å²) in [4.78, 5) is 30.2. The summed E-state index contributed by atoms with van der Waals surface area (Å²) >= 11 is 1.47. The number of thiophene rings is 1. The molecule has 0 spiro atoms. The molecule has 0 bridgehead atoms. The Bertz CT molecular complexity index is 705. The van der Waals surface area contributed by atoms with Crippen molar-refractivity contribution in [1.82, 2.24) is 9.55 Å². The topological polar surface area (TPSA) is 70.4 Å². The van der Waals surface area contributed by atoms with Gasteiger partial charge in [-0.25, -0.2) is 4.98 Å². The molecule has 0 aliphatic carbocycles. The predicted molar refractivity (Wildman–Crippen MR) is 80.8 cm³/mol. The van der Waals surface area contributed by atoms with Crippen molar-refractivity contribution < 1.29 is 14.3 Å². The van der Waals surface area contributed by atoms with Crippen LogP contribution >= 0.6 is 11.3 Å². The van der Waals surface area contributed by atoms with Crippen molar-refractivity contribution in [2.45, 2.75) is 27.3 Å². The smallest absolute Gasteiger partial charge is 0.326 e. The Hall–Kier alpha value is -1.73. The number of fused-ring (bicyclic) bond motifs is 1. The molecule has 0 aliphatic heterocycles. The number of hydrogen-bond acceptors (Lipinski definition) is 6. The number of rotatable bonds is 6. The van der Waals surface area contributed by atoms with Crippen LogP contribution in [0.3, 0.4) is 0 Å². The Balaban J connectivity index is 2.14. The maximum Gasteiger partial charge on any atom is 0.326 e. The average molecular weight is 310 g/mol. The van der Waals surface area contributed by atoms with Crippen molar-refractivity contribution in [3.63, 3.8) is 0 Å². The van der Waals surface area contributed by atoms with Gasteiger partial charge in [0.2, 0.25) is 0 Å². The normalized spacial score (nSPS) is 11.0. The van der Waals surface area contributed by atoms with Crippen LogP contribution in [0, 0.1) is 13.8 Å². The largest absolute Gasteiger partial charge is 0.462 e. The molecule has 0 atom stereocenters. The molecule has 114 valence electrons. The second-order valence-corrected chi connectivity index (χ2v) is 5.78. The molecule has 0 saturated carbocycles. The molecule has 2 aromatic rings. The van der Waals surface area contributed by atoms with Crippen LogP contribution in [-0.2, 0) is 20.8 Å². The highest BCUT2D eigenvalue weighted by molar-refractivity contribution is 7.18. The van der Waals surface area contributed by atoms with E-state index in [4.69, 9.17) is 9.47 Å². The van der Waals surface area contributed by atoms with Gasteiger partial charge in [0, 0.05) is 11.5 Å². The molecule has 7 heteroatoms. The number of hydrogen-bond donors (Lipinski definition) is 0. The lowest BCUT2D eigenvalue weighted by Crippen LogP contribution is -2.28. The summed E-state index contributed by atoms with van der Waals surface area (Å²) in [5, 5.41) is 0.546. The molecule has 0 aliphatic rings. The molecule has 2 aromatic heterocycles. The highest BCUT2D eigenvalue weighted by Gasteiger charge is 2.13. The summed E-state index contributed by atoms with van der Waals surface area (Å²) < 4.78 is 11.5. The van der Waals surface area contributed by atoms with Crippen molar-refractivity contribution in [1.29, 1.82) is 0 Å². The minimum Gasteiger partial charge on any atom is -0.462 e. The Morgan fingerprint density at radius 1 is 1.38 bits per heavy atom. The maximum absolute atomic E-state index is 12.4. The van der Waals surface area contributed by atoms with Crippen LogP contribution < -0.4 is 5.56 Å². The molecule has 0 amide bonds. The Labute approximate surface area is 126 Å². The van der Waals surface area contributed by atoms with Crippen LogP contribution in [0.2, 0.25) is 0 Å². The number of aryl methyl sites for hydroxylation is 2. The van der Waals surface area contributed by atoms with Gasteiger partial charge in [0.25, 0.3) is 5.56 Å². The van der Waals surface area contributed by atoms with Crippen LogP contribution in [0.4, 0.5) is 0 Å². The molecule has 0 fully saturated rings. The molecular formula is C14H18N2O4S. The third kappa shape index (κ3) is 3.68. The minimum atomic E-state index is -0.465. The zero-order valence-electron chi connectivity index (χ0n) is 12.3. The fourth-order valence-electron chi connectivity index (χ4n) is 1.96. The van der Waals surface area contributed by atoms with Gasteiger partial charge in [-0.2, -0.15) is 0 Å². The van der Waals surface area contributed by atoms with E-state index in [0.29, 0.717) is 29.3 Å². The number of nitrogens with zero attached hydrogens (tertiary/aromatic N) is 2. The number of esters is 1. The number of carbonyl (C=O) groups excluding carboxylic acids is 1. The first-order valence-electron chi connectivity index (χ1n) is 6.74. The third-order valence-electron chi connectivity index (χ3n) is 2.95. The lowest BCUT2D eigenvalue weighted by Gasteiger charge is -2.09. The van der Waals surface area contributed by atoms with Gasteiger partial charge in [0.05, 0.1) is 12.0 Å². The Kier molecular flexibility index (Phi) is 5.08. The maximum atomic E-state index is 12.4. The molecule has 0 aromatic carbocycles. The van der Waals surface area contributed by atoms with E-state index in [1.165, 1.54) is 15.9 Å². The molecule has 0 unspecified atom stereocenters. The van der Waals surface area contributed by atoms with E-state index < -0.39 is 5.97 Å². The number of ether oxygens (including phenoxy) is 2. The molecule has 0 saturated heterocycles. The van der Waals surface area contributed by atoms with Gasteiger partial charge in [-0.15, -0.1) is 11.3 Å². The van der Waals surface area contributed by atoms with E-state index in [2.05, 4.69) is 4.98 Å². The molecule has 21 heavy (non-hydrogen) atoms. The minimum absolute atomic E-state index is 0.130. The highest BCUT2D eigenvalue weighted by atomic mass is 32.1. The van der Waals surface area contributed by atoms with Crippen molar-refractivity contribution in [2.75, 3.05) is 19.8 Å². The van der Waals surface area contributed by atoms with Gasteiger partial charge >= 0.3 is 5.97 Å². The first-order valence-corrected chi connectivity index (χ1v) is 7.55. The lowest BCUT2D eigenvalue weighted by molar-refractivity contribution is -0.146. The van der Waals surface area contributed by atoms with E-state index >= 15 is 0 Å². The van der Waals surface area contributed by atoms with E-state index in [1.807, 2.05) is 13.8 Å². The van der Waals surface area contributed by atoms with Crippen molar-refractivity contribution in [3.8, 4) is 0 Å². The summed E-state index contributed by atoms with van der Waals surface area (Å²) in [5.41, 5.74) is -0.205. The van der Waals surface area contributed by atoms with E-state index in [-0.39, 0.29) is 18.7 Å². The van der Waals surface area contributed by atoms with E-state index in [9.17, 15) is 9.59 Å². The summed E-state index contributed by atoms with van der Waals surface area (Å²) in [6, 6.07) is 1.80. The fourth-order valence-corrected chi connectivity index (χ4v) is 2.87. The molecular weight excluding hydrogens is 292 g/mol. The molecule has 2 rings (SSSR count). The van der Waals surface area contributed by atoms with Crippen LogP contribution in [0.5, 0.6) is 0 Å². The molecule has 2 heterocycles. The van der Waals surface area contributed by atoms with Crippen LogP contribution in [0.25, 0.3) is 10.2 Å². The van der Waals surface area contributed by atoms with Crippen molar-refractivity contribution in [2.24, 2.45) is 0 Å². The van der Waals surface area contributed by atoms with Gasteiger partial charge in [-0.05, 0) is 26.8 Å². The van der Waals surface area contributed by atoms with Gasteiger partial charge in [0.15, 0.2) is 0 Å². The van der Waals surface area contributed by atoms with Crippen LogP contribution in [-0.4, -0.2) is 35.3 Å². The highest BCUT2D eigenvalue weighted by Crippen LogP contribution is 2.20. The zero-order valence-corrected chi connectivity index (χ0v) is 13.2. The van der Waals surface area contributed by atoms with E-state index in [1.54, 1.807) is 13.0 Å². The van der Waals surface area contributed by atoms with Crippen molar-refractivity contribution in [3.05, 3.63) is 27.1 Å². The molecule has 6 nitrogen and oxygen atoms in total. The quantitative estimate of drug-likeness (QED) is 0.599. The van der Waals surface area contributed by atoms with Gasteiger partial charge in [0.1, 0.15) is 23.8 Å². The summed E-state index contributed by atoms with van der Waals surface area (Å²) in [6.07, 6.45) is 0. The number of aromatic nitrogens is 2. The standard InChI is InChI=1S/C14H18N2O4S/c1-4-19-5-6-20-12(17)8-16-10(3)15-13-11(14(16)18)7-9(2)21-13/h7H,4-6,8H2,1-3H3. The number of carbonyl (C=O) groups is 1. The Morgan fingerprint density at radius 2 is 2.14 bits per heavy atom. The molecule has 0 radical (unpaired) electrons. The van der Waals surface area contributed by atoms with Crippen molar-refractivity contribution >= 4 is 27.5 Å². The third-order valence-corrected chi connectivity index (χ3v) is 3.89. The predicted octanol–water partition coefficient (Wildman–Crippen LogP) is 1.65. The lowest BCUT2D eigenvalue weighted by atomic mass is 10.3. The summed E-state index contributed by atoms with van der Waals surface area (Å²) in [5.74, 6) is 0.0455. The zero-order chi connectivity index (χ0) is 15.4. The van der Waals surface area contributed by atoms with Crippen LogP contribution in [0.15, 0.2) is 10.9 Å². The first-order chi connectivity index (χ1) is 10.0. The SMILES string of the molecule is CCOCCOC(=O)Cn1c(C)nc2sc(C)cc2c1=O. The Morgan fingerprint density at radius 3 is 2.86 bits per heavy atom. The fraction of sp³-hybridized carbons (Fsp3) is 0.500. The van der Waals surface area contributed by atoms with Gasteiger partial charge in [-0.3, -0.25) is 14.2 Å². The second kappa shape index (κ2) is 6.82. The monoisotopic (exact) mass is 310 g/mol. The second-order valence-electron chi connectivity index (χ2n) is 4.54. The van der Waals surface area contributed by atoms with Gasteiger partial charge in [-0.1, -0.05) is 0 Å².